The molecule has 0 saturated carbocycles. The molecule has 10 nitrogen and oxygen atoms in total. The van der Waals surface area contributed by atoms with Gasteiger partial charge in [-0.1, -0.05) is 13.0 Å². The van der Waals surface area contributed by atoms with Crippen LogP contribution >= 0.6 is 0 Å². The Balaban J connectivity index is 2.24. The van der Waals surface area contributed by atoms with E-state index in [1.54, 1.807) is 11.6 Å². The number of hydrogen-bond donors (Lipinski definition) is 3. The van der Waals surface area contributed by atoms with Gasteiger partial charge in [0.1, 0.15) is 12.3 Å². The van der Waals surface area contributed by atoms with E-state index in [0.29, 0.717) is 5.69 Å². The molecule has 2 atom stereocenters. The van der Waals surface area contributed by atoms with Crippen molar-refractivity contribution in [3.8, 4) is 5.88 Å². The number of urea groups is 1. The summed E-state index contributed by atoms with van der Waals surface area (Å²) < 4.78 is 45.6. The number of aliphatic hydroxyl groups excluding tert-OH is 1. The minimum atomic E-state index is -4.51. The molecule has 2 aromatic rings. The predicted octanol–water partition coefficient (Wildman–Crippen LogP) is 1.48. The normalized spacial score (nSPS) is 13.5. The number of ether oxygens (including phenoxy) is 1. The maximum Gasteiger partial charge on any atom is 0.335 e. The van der Waals surface area contributed by atoms with Crippen LogP contribution in [-0.2, 0) is 10.0 Å². The Kier molecular flexibility index (Phi) is 6.80. The lowest BCUT2D eigenvalue weighted by Gasteiger charge is -2.17. The third-order valence-corrected chi connectivity index (χ3v) is 4.90. The molecule has 0 aliphatic carbocycles. The first-order valence-electron chi connectivity index (χ1n) is 8.18. The highest BCUT2D eigenvalue weighted by Crippen LogP contribution is 2.26. The van der Waals surface area contributed by atoms with Crippen LogP contribution in [0.15, 0.2) is 29.4 Å². The van der Waals surface area contributed by atoms with Crippen molar-refractivity contribution in [1.82, 2.24) is 19.7 Å². The highest BCUT2D eigenvalue weighted by Gasteiger charge is 2.29. The second-order valence-corrected chi connectivity index (χ2v) is 7.30. The Bertz CT molecular complexity index is 956. The van der Waals surface area contributed by atoms with Crippen molar-refractivity contribution in [3.63, 3.8) is 0 Å². The lowest BCUT2D eigenvalue weighted by Crippen LogP contribution is -2.36. The van der Waals surface area contributed by atoms with Crippen LogP contribution in [0.3, 0.4) is 0 Å². The number of pyridine rings is 1. The first-order chi connectivity index (χ1) is 13.2. The Hall–Kier alpha value is -2.86. The fourth-order valence-electron chi connectivity index (χ4n) is 2.27. The van der Waals surface area contributed by atoms with Crippen molar-refractivity contribution in [2.24, 2.45) is 0 Å². The molecule has 2 rings (SSSR count). The zero-order chi connectivity index (χ0) is 20.9. The highest BCUT2D eigenvalue weighted by molar-refractivity contribution is 7.90. The van der Waals surface area contributed by atoms with Crippen LogP contribution < -0.4 is 14.8 Å². The second-order valence-electron chi connectivity index (χ2n) is 5.70. The van der Waals surface area contributed by atoms with Gasteiger partial charge in [-0.3, -0.25) is 5.32 Å². The molecule has 28 heavy (non-hydrogen) atoms. The van der Waals surface area contributed by atoms with Crippen molar-refractivity contribution in [1.29, 1.82) is 0 Å². The van der Waals surface area contributed by atoms with Crippen LogP contribution in [0.2, 0.25) is 0 Å². The molecular formula is C16H20FN5O5S. The smallest absolute Gasteiger partial charge is 0.335 e. The number of methoxy groups -OCH3 is 1. The molecule has 12 heteroatoms. The average Bonchev–Trinajstić information content (AvgIpc) is 2.65. The van der Waals surface area contributed by atoms with E-state index in [2.05, 4.69) is 20.3 Å². The summed E-state index contributed by atoms with van der Waals surface area (Å²) in [6, 6.07) is 2.93. The van der Waals surface area contributed by atoms with Gasteiger partial charge in [-0.15, -0.1) is 0 Å². The van der Waals surface area contributed by atoms with Gasteiger partial charge in [0.05, 0.1) is 7.11 Å². The summed E-state index contributed by atoms with van der Waals surface area (Å²) in [5.41, 5.74) is 0.222. The summed E-state index contributed by atoms with van der Waals surface area (Å²) in [7, 11) is -3.14. The zero-order valence-corrected chi connectivity index (χ0v) is 16.2. The number of nitrogens with one attached hydrogen (secondary N) is 2. The molecule has 0 fully saturated rings. The molecule has 0 bridgehead atoms. The summed E-state index contributed by atoms with van der Waals surface area (Å²) in [6.45, 7) is 3.13. The number of halogens is 1. The first-order valence-corrected chi connectivity index (χ1v) is 9.66. The molecule has 0 saturated heterocycles. The van der Waals surface area contributed by atoms with Crippen LogP contribution in [0, 0.1) is 6.92 Å². The lowest BCUT2D eigenvalue weighted by atomic mass is 10.1. The largest absolute Gasteiger partial charge is 0.481 e. The van der Waals surface area contributed by atoms with Gasteiger partial charge in [-0.05, 0) is 19.4 Å². The molecule has 2 amide bonds. The topological polar surface area (TPSA) is 143 Å². The number of nitrogens with zero attached hydrogens (tertiary/aromatic N) is 3. The second kappa shape index (κ2) is 8.89. The van der Waals surface area contributed by atoms with Gasteiger partial charge >= 0.3 is 6.03 Å². The minimum absolute atomic E-state index is 0.0318. The van der Waals surface area contributed by atoms with E-state index in [1.807, 2.05) is 0 Å². The van der Waals surface area contributed by atoms with E-state index in [-0.39, 0.29) is 23.8 Å². The Morgan fingerprint density at radius 2 is 2.11 bits per heavy atom. The number of carbonyl (C=O) groups is 1. The van der Waals surface area contributed by atoms with Crippen LogP contribution in [0.4, 0.5) is 15.1 Å². The Morgan fingerprint density at radius 3 is 2.75 bits per heavy atom. The monoisotopic (exact) mass is 413 g/mol. The molecule has 0 aliphatic rings. The van der Waals surface area contributed by atoms with Crippen molar-refractivity contribution in [3.05, 3.63) is 35.7 Å². The van der Waals surface area contributed by atoms with Crippen LogP contribution in [-0.4, -0.2) is 47.8 Å². The fraction of sp³-hybridized carbons (Fsp3) is 0.375. The van der Waals surface area contributed by atoms with Crippen molar-refractivity contribution in [2.75, 3.05) is 12.4 Å². The van der Waals surface area contributed by atoms with Crippen LogP contribution in [0.25, 0.3) is 0 Å². The SMILES string of the molecule is CCC(F)C(O)c1cccnc1S(=O)(=O)NC(=O)Nc1nc(C)cc(OC)n1. The molecule has 0 spiro atoms. The summed E-state index contributed by atoms with van der Waals surface area (Å²) >= 11 is 0. The lowest BCUT2D eigenvalue weighted by molar-refractivity contribution is 0.0726. The van der Waals surface area contributed by atoms with Crippen molar-refractivity contribution < 1.29 is 27.4 Å². The standard InChI is InChI=1S/C16H20FN5O5S/c1-4-11(17)13(23)10-6-5-7-18-14(10)28(25,26)22-16(24)21-15-19-9(2)8-12(20-15)27-3/h5-8,11,13,23H,4H2,1-3H3,(H2,19,20,21,22,24). The maximum absolute atomic E-state index is 13.8. The summed E-state index contributed by atoms with van der Waals surface area (Å²) in [5, 5.41) is 11.6. The van der Waals surface area contributed by atoms with Gasteiger partial charge in [-0.25, -0.2) is 23.9 Å². The van der Waals surface area contributed by atoms with Gasteiger partial charge in [0.2, 0.25) is 11.8 Å². The molecular weight excluding hydrogens is 393 g/mol. The number of hydrogen-bond acceptors (Lipinski definition) is 8. The van der Waals surface area contributed by atoms with E-state index in [0.717, 1.165) is 6.20 Å². The van der Waals surface area contributed by atoms with E-state index < -0.39 is 33.4 Å². The third-order valence-electron chi connectivity index (χ3n) is 3.60. The number of sulfonamides is 1. The first kappa shape index (κ1) is 21.4. The number of amides is 2. The number of anilines is 1. The van der Waals surface area contributed by atoms with Gasteiger partial charge in [0, 0.05) is 23.5 Å². The zero-order valence-electron chi connectivity index (χ0n) is 15.4. The number of alkyl halides is 1. The fourth-order valence-corrected chi connectivity index (χ4v) is 3.36. The Labute approximate surface area is 161 Å². The van der Waals surface area contributed by atoms with Gasteiger partial charge in [-0.2, -0.15) is 13.4 Å². The van der Waals surface area contributed by atoms with Crippen LogP contribution in [0.1, 0.15) is 30.7 Å². The predicted molar refractivity (Wildman–Crippen MR) is 97.0 cm³/mol. The molecule has 2 heterocycles. The molecule has 0 aliphatic heterocycles. The van der Waals surface area contributed by atoms with Crippen LogP contribution in [0.5, 0.6) is 5.88 Å². The molecule has 2 aromatic heterocycles. The molecule has 152 valence electrons. The van der Waals surface area contributed by atoms with Gasteiger partial charge < -0.3 is 9.84 Å². The van der Waals surface area contributed by atoms with E-state index in [4.69, 9.17) is 4.74 Å². The van der Waals surface area contributed by atoms with Gasteiger partial charge in [0.25, 0.3) is 10.0 Å². The summed E-state index contributed by atoms with van der Waals surface area (Å²) in [5.74, 6) is -0.00465. The summed E-state index contributed by atoms with van der Waals surface area (Å²) in [6.07, 6.45) is -2.29. The third kappa shape index (κ3) is 5.10. The molecule has 2 unspecified atom stereocenters. The minimum Gasteiger partial charge on any atom is -0.481 e. The molecule has 0 aromatic carbocycles. The van der Waals surface area contributed by atoms with E-state index >= 15 is 0 Å². The van der Waals surface area contributed by atoms with Crippen molar-refractivity contribution >= 4 is 22.0 Å². The van der Waals surface area contributed by atoms with E-state index in [9.17, 15) is 22.7 Å². The van der Waals surface area contributed by atoms with Gasteiger partial charge in [0.15, 0.2) is 5.03 Å². The Morgan fingerprint density at radius 1 is 1.39 bits per heavy atom. The highest BCUT2D eigenvalue weighted by atomic mass is 32.2. The number of aliphatic hydroxyl groups is 1. The van der Waals surface area contributed by atoms with Crippen molar-refractivity contribution in [2.45, 2.75) is 37.6 Å². The number of aryl methyl sites for hydroxylation is 1. The molecule has 0 radical (unpaired) electrons. The summed E-state index contributed by atoms with van der Waals surface area (Å²) in [4.78, 5) is 23.6. The molecule has 3 N–H and O–H groups in total. The maximum atomic E-state index is 13.8. The quantitative estimate of drug-likeness (QED) is 0.619. The number of aromatic nitrogens is 3. The average molecular weight is 413 g/mol. The van der Waals surface area contributed by atoms with E-state index in [1.165, 1.54) is 32.2 Å². The number of carbonyl (C=O) groups excluding carboxylic acids is 1. The number of rotatable bonds is 7.